The van der Waals surface area contributed by atoms with Crippen LogP contribution in [0.25, 0.3) is 0 Å². The second kappa shape index (κ2) is 6.41. The molecule has 0 aromatic heterocycles. The summed E-state index contributed by atoms with van der Waals surface area (Å²) in [4.78, 5) is 11.5. The summed E-state index contributed by atoms with van der Waals surface area (Å²) in [7, 11) is -4.14. The zero-order valence-electron chi connectivity index (χ0n) is 11.1. The van der Waals surface area contributed by atoms with Crippen molar-refractivity contribution in [1.29, 1.82) is 0 Å². The molecule has 116 valence electrons. The summed E-state index contributed by atoms with van der Waals surface area (Å²) in [5, 5.41) is 4.98. The van der Waals surface area contributed by atoms with Crippen molar-refractivity contribution in [2.45, 2.75) is 30.6 Å². The number of benzene rings is 1. The van der Waals surface area contributed by atoms with Crippen LogP contribution < -0.4 is 5.14 Å². The highest BCUT2D eigenvalue weighted by Gasteiger charge is 2.23. The average Bonchev–Trinajstić information content (AvgIpc) is 2.33. The fraction of sp³-hybridized carbons (Fsp3) is 0.462. The van der Waals surface area contributed by atoms with Gasteiger partial charge in [0.25, 0.3) is 0 Å². The number of hydrogen-bond donors (Lipinski definition) is 1. The summed E-state index contributed by atoms with van der Waals surface area (Å²) in [6, 6.07) is 1.68. The molecule has 0 bridgehead atoms. The van der Waals surface area contributed by atoms with Crippen molar-refractivity contribution in [2.24, 2.45) is 11.1 Å². The Labute approximate surface area is 130 Å². The highest BCUT2D eigenvalue weighted by molar-refractivity contribution is 9.10. The Morgan fingerprint density at radius 3 is 2.62 bits per heavy atom. The molecule has 0 heterocycles. The lowest BCUT2D eigenvalue weighted by molar-refractivity contribution is 0.0462. The number of carbonyl (C=O) groups is 1. The minimum Gasteiger partial charge on any atom is -0.462 e. The number of esters is 1. The highest BCUT2D eigenvalue weighted by Crippen LogP contribution is 2.30. The Morgan fingerprint density at radius 1 is 1.43 bits per heavy atom. The molecule has 1 aromatic rings. The first-order valence-corrected chi connectivity index (χ1v) is 8.82. The van der Waals surface area contributed by atoms with Gasteiger partial charge in [-0.2, -0.15) is 0 Å². The van der Waals surface area contributed by atoms with E-state index < -0.39 is 26.7 Å². The topological polar surface area (TPSA) is 86.5 Å². The predicted octanol–water partition coefficient (Wildman–Crippen LogP) is 2.58. The summed E-state index contributed by atoms with van der Waals surface area (Å²) in [6.07, 6.45) is 4.24. The Bertz CT molecular complexity index is 658. The Kier molecular flexibility index (Phi) is 5.00. The van der Waals surface area contributed by atoms with Crippen molar-refractivity contribution in [1.82, 2.24) is 0 Å². The predicted molar refractivity (Wildman–Crippen MR) is 77.7 cm³/mol. The molecule has 2 N–H and O–H groups in total. The second-order valence-electron chi connectivity index (χ2n) is 5.03. The SMILES string of the molecule is NS(=O)(=O)c1cc(F)cc(C(=O)OCCC2CCC2)c1Br. The van der Waals surface area contributed by atoms with Crippen molar-refractivity contribution in [2.75, 3.05) is 6.61 Å². The van der Waals surface area contributed by atoms with Gasteiger partial charge in [0, 0.05) is 0 Å². The Balaban J connectivity index is 2.14. The van der Waals surface area contributed by atoms with Gasteiger partial charge >= 0.3 is 5.97 Å². The molecule has 0 radical (unpaired) electrons. The fourth-order valence-electron chi connectivity index (χ4n) is 2.10. The van der Waals surface area contributed by atoms with Gasteiger partial charge in [-0.25, -0.2) is 22.7 Å². The number of ether oxygens (including phenoxy) is 1. The van der Waals surface area contributed by atoms with Gasteiger partial charge in [-0.1, -0.05) is 19.3 Å². The molecule has 1 aromatic carbocycles. The van der Waals surface area contributed by atoms with Crippen LogP contribution in [0.1, 0.15) is 36.0 Å². The zero-order valence-corrected chi connectivity index (χ0v) is 13.5. The molecular formula is C13H15BrFNO4S. The van der Waals surface area contributed by atoms with Gasteiger partial charge in [0.05, 0.1) is 21.5 Å². The first kappa shape index (κ1) is 16.4. The molecule has 1 aliphatic carbocycles. The highest BCUT2D eigenvalue weighted by atomic mass is 79.9. The quantitative estimate of drug-likeness (QED) is 0.796. The second-order valence-corrected chi connectivity index (χ2v) is 7.35. The molecule has 2 rings (SSSR count). The normalized spacial score (nSPS) is 15.6. The molecule has 21 heavy (non-hydrogen) atoms. The van der Waals surface area contributed by atoms with Crippen molar-refractivity contribution in [3.8, 4) is 0 Å². The fourth-order valence-corrected chi connectivity index (χ4v) is 3.80. The van der Waals surface area contributed by atoms with Gasteiger partial charge in [0.15, 0.2) is 0 Å². The van der Waals surface area contributed by atoms with Crippen LogP contribution in [-0.4, -0.2) is 21.0 Å². The third-order valence-corrected chi connectivity index (χ3v) is 5.57. The van der Waals surface area contributed by atoms with Gasteiger partial charge in [-0.3, -0.25) is 0 Å². The average molecular weight is 380 g/mol. The first-order chi connectivity index (χ1) is 9.79. The van der Waals surface area contributed by atoms with E-state index in [0.717, 1.165) is 31.4 Å². The smallest absolute Gasteiger partial charge is 0.339 e. The molecule has 5 nitrogen and oxygen atoms in total. The number of nitrogens with two attached hydrogens (primary N) is 1. The monoisotopic (exact) mass is 379 g/mol. The standard InChI is InChI=1S/C13H15BrFNO4S/c14-12-10(6-9(15)7-11(12)21(16,18)19)13(17)20-5-4-8-2-1-3-8/h6-8H,1-5H2,(H2,16,18,19). The van der Waals surface area contributed by atoms with Gasteiger partial charge in [0.1, 0.15) is 5.82 Å². The molecule has 0 saturated heterocycles. The largest absolute Gasteiger partial charge is 0.462 e. The lowest BCUT2D eigenvalue weighted by Gasteiger charge is -2.24. The van der Waals surface area contributed by atoms with E-state index in [1.165, 1.54) is 6.42 Å². The molecule has 1 aliphatic rings. The van der Waals surface area contributed by atoms with E-state index in [1.807, 2.05) is 0 Å². The van der Waals surface area contributed by atoms with E-state index in [2.05, 4.69) is 15.9 Å². The summed E-state index contributed by atoms with van der Waals surface area (Å²) < 4.78 is 41.2. The van der Waals surface area contributed by atoms with E-state index in [9.17, 15) is 17.6 Å². The maximum Gasteiger partial charge on any atom is 0.339 e. The van der Waals surface area contributed by atoms with Crippen molar-refractivity contribution in [3.05, 3.63) is 28.0 Å². The van der Waals surface area contributed by atoms with Crippen LogP contribution in [0.2, 0.25) is 0 Å². The van der Waals surface area contributed by atoms with Crippen LogP contribution in [0.4, 0.5) is 4.39 Å². The number of carbonyl (C=O) groups excluding carboxylic acids is 1. The summed E-state index contributed by atoms with van der Waals surface area (Å²) in [5.74, 6) is -1.06. The van der Waals surface area contributed by atoms with E-state index >= 15 is 0 Å². The third-order valence-electron chi connectivity index (χ3n) is 3.51. The number of primary sulfonamides is 1. The Morgan fingerprint density at radius 2 is 2.10 bits per heavy atom. The molecule has 1 fully saturated rings. The van der Waals surface area contributed by atoms with E-state index in [-0.39, 0.29) is 16.6 Å². The zero-order chi connectivity index (χ0) is 15.6. The van der Waals surface area contributed by atoms with E-state index in [4.69, 9.17) is 9.88 Å². The summed E-state index contributed by atoms with van der Waals surface area (Å²) in [5.41, 5.74) is -0.187. The number of rotatable bonds is 5. The van der Waals surface area contributed by atoms with Crippen LogP contribution in [-0.2, 0) is 14.8 Å². The van der Waals surface area contributed by atoms with Gasteiger partial charge < -0.3 is 4.74 Å². The first-order valence-electron chi connectivity index (χ1n) is 6.48. The van der Waals surface area contributed by atoms with Crippen LogP contribution in [0.15, 0.2) is 21.5 Å². The number of sulfonamides is 1. The van der Waals surface area contributed by atoms with Crippen LogP contribution in [0.3, 0.4) is 0 Å². The van der Waals surface area contributed by atoms with Crippen molar-refractivity contribution < 1.29 is 22.3 Å². The molecule has 8 heteroatoms. The van der Waals surface area contributed by atoms with Crippen molar-refractivity contribution in [3.63, 3.8) is 0 Å². The minimum atomic E-state index is -4.14. The number of halogens is 2. The number of hydrogen-bond acceptors (Lipinski definition) is 4. The van der Waals surface area contributed by atoms with Crippen LogP contribution >= 0.6 is 15.9 Å². The maximum absolute atomic E-state index is 13.5. The van der Waals surface area contributed by atoms with Gasteiger partial charge in [-0.15, -0.1) is 0 Å². The molecular weight excluding hydrogens is 365 g/mol. The molecule has 0 amide bonds. The maximum atomic E-state index is 13.5. The van der Waals surface area contributed by atoms with Gasteiger partial charge in [0.2, 0.25) is 10.0 Å². The minimum absolute atomic E-state index is 0.0833. The van der Waals surface area contributed by atoms with Crippen LogP contribution in [0.5, 0.6) is 0 Å². The van der Waals surface area contributed by atoms with E-state index in [1.54, 1.807) is 0 Å². The lowest BCUT2D eigenvalue weighted by Crippen LogP contribution is -2.18. The summed E-state index contributed by atoms with van der Waals surface area (Å²) in [6.45, 7) is 0.233. The molecule has 0 unspecified atom stereocenters. The Hall–Kier alpha value is -0.990. The summed E-state index contributed by atoms with van der Waals surface area (Å²) >= 11 is 2.97. The van der Waals surface area contributed by atoms with Gasteiger partial charge in [-0.05, 0) is 40.4 Å². The molecule has 0 aliphatic heterocycles. The van der Waals surface area contributed by atoms with E-state index in [0.29, 0.717) is 5.92 Å². The molecule has 0 spiro atoms. The molecule has 1 saturated carbocycles. The van der Waals surface area contributed by atoms with Crippen molar-refractivity contribution >= 4 is 31.9 Å². The van der Waals surface area contributed by atoms with Crippen LogP contribution in [0, 0.1) is 11.7 Å². The molecule has 0 atom stereocenters. The third kappa shape index (κ3) is 4.02. The lowest BCUT2D eigenvalue weighted by atomic mass is 9.83.